The summed E-state index contributed by atoms with van der Waals surface area (Å²) in [6, 6.07) is 0. The van der Waals surface area contributed by atoms with Crippen LogP contribution in [0.15, 0.2) is 22.1 Å². The first kappa shape index (κ1) is 9.73. The predicted molar refractivity (Wildman–Crippen MR) is 59.6 cm³/mol. The normalized spacial score (nSPS) is 10.7. The molecule has 14 heavy (non-hydrogen) atoms. The van der Waals surface area contributed by atoms with Crippen molar-refractivity contribution < 1.29 is 0 Å². The molecule has 0 aliphatic heterocycles. The van der Waals surface area contributed by atoms with Gasteiger partial charge in [-0.15, -0.1) is 11.3 Å². The molecule has 2 aromatic rings. The number of aryl methyl sites for hydroxylation is 2. The van der Waals surface area contributed by atoms with Crippen molar-refractivity contribution >= 4 is 23.1 Å². The van der Waals surface area contributed by atoms with Crippen molar-refractivity contribution in [2.75, 3.05) is 0 Å². The summed E-state index contributed by atoms with van der Waals surface area (Å²) >= 11 is 3.43. The highest BCUT2D eigenvalue weighted by atomic mass is 32.2. The van der Waals surface area contributed by atoms with Gasteiger partial charge in [0.2, 0.25) is 0 Å². The molecule has 0 unspecified atom stereocenters. The first-order valence-corrected chi connectivity index (χ1v) is 6.13. The smallest absolute Gasteiger partial charge is 0.150 e. The number of thioether (sulfide) groups is 1. The molecule has 0 aliphatic carbocycles. The molecular weight excluding hydrogens is 214 g/mol. The third-order valence-electron chi connectivity index (χ3n) is 1.84. The van der Waals surface area contributed by atoms with Crippen LogP contribution in [0.1, 0.15) is 11.5 Å². The van der Waals surface area contributed by atoms with Crippen molar-refractivity contribution in [3.8, 4) is 0 Å². The van der Waals surface area contributed by atoms with E-state index >= 15 is 0 Å². The van der Waals surface area contributed by atoms with E-state index in [-0.39, 0.29) is 0 Å². The fourth-order valence-corrected chi connectivity index (χ4v) is 2.91. The van der Waals surface area contributed by atoms with E-state index in [1.807, 2.05) is 30.9 Å². The van der Waals surface area contributed by atoms with Crippen LogP contribution in [0.5, 0.6) is 0 Å². The Labute approximate surface area is 91.2 Å². The van der Waals surface area contributed by atoms with Gasteiger partial charge in [-0.05, 0) is 6.92 Å². The monoisotopic (exact) mass is 225 g/mol. The average Bonchev–Trinajstić information content (AvgIpc) is 2.72. The number of hydrogen-bond donors (Lipinski definition) is 0. The molecule has 2 heterocycles. The van der Waals surface area contributed by atoms with Gasteiger partial charge in [0.1, 0.15) is 5.82 Å². The largest absolute Gasteiger partial charge is 0.337 e. The highest BCUT2D eigenvalue weighted by molar-refractivity contribution is 8.00. The molecule has 0 spiro atoms. The van der Waals surface area contributed by atoms with Crippen molar-refractivity contribution in [2.45, 2.75) is 17.0 Å². The summed E-state index contributed by atoms with van der Waals surface area (Å²) in [7, 11) is 2.01. The zero-order valence-corrected chi connectivity index (χ0v) is 9.73. The van der Waals surface area contributed by atoms with E-state index in [1.165, 1.54) is 0 Å². The fourth-order valence-electron chi connectivity index (χ4n) is 1.06. The second-order valence-corrected chi connectivity index (χ2v) is 5.08. The van der Waals surface area contributed by atoms with Crippen LogP contribution in [-0.4, -0.2) is 14.5 Å². The second-order valence-electron chi connectivity index (χ2n) is 3.00. The minimum absolute atomic E-state index is 0.885. The van der Waals surface area contributed by atoms with Crippen molar-refractivity contribution in [3.05, 3.63) is 29.3 Å². The molecule has 0 radical (unpaired) electrons. The molecule has 3 nitrogen and oxygen atoms in total. The summed E-state index contributed by atoms with van der Waals surface area (Å²) in [5.41, 5.74) is 1.09. The van der Waals surface area contributed by atoms with Crippen molar-refractivity contribution in [1.29, 1.82) is 0 Å². The Hall–Kier alpha value is -0.810. The summed E-state index contributed by atoms with van der Waals surface area (Å²) in [4.78, 5) is 8.64. The second kappa shape index (κ2) is 4.14. The van der Waals surface area contributed by atoms with Crippen LogP contribution in [0, 0.1) is 6.92 Å². The molecule has 74 valence electrons. The maximum Gasteiger partial charge on any atom is 0.150 e. The third kappa shape index (κ3) is 2.16. The van der Waals surface area contributed by atoms with Gasteiger partial charge in [-0.25, -0.2) is 9.97 Å². The van der Waals surface area contributed by atoms with Crippen LogP contribution in [0.25, 0.3) is 0 Å². The van der Waals surface area contributed by atoms with E-state index in [2.05, 4.69) is 15.3 Å². The van der Waals surface area contributed by atoms with E-state index in [0.717, 1.165) is 21.6 Å². The molecule has 2 aromatic heterocycles. The van der Waals surface area contributed by atoms with E-state index in [9.17, 15) is 0 Å². The van der Waals surface area contributed by atoms with Crippen LogP contribution >= 0.6 is 23.1 Å². The van der Waals surface area contributed by atoms with E-state index in [1.54, 1.807) is 23.1 Å². The molecule has 0 saturated carbocycles. The fraction of sp³-hybridized carbons (Fsp3) is 0.333. The number of nitrogens with zero attached hydrogens (tertiary/aromatic N) is 3. The number of aromatic nitrogens is 3. The Morgan fingerprint density at radius 3 is 3.00 bits per heavy atom. The Morgan fingerprint density at radius 1 is 1.57 bits per heavy atom. The topological polar surface area (TPSA) is 30.7 Å². The first-order chi connectivity index (χ1) is 6.75. The Balaban J connectivity index is 1.98. The van der Waals surface area contributed by atoms with E-state index < -0.39 is 0 Å². The zero-order chi connectivity index (χ0) is 9.97. The Bertz CT molecular complexity index is 419. The molecule has 0 amide bonds. The molecule has 0 bridgehead atoms. The van der Waals surface area contributed by atoms with E-state index in [4.69, 9.17) is 0 Å². The van der Waals surface area contributed by atoms with Gasteiger partial charge < -0.3 is 4.57 Å². The molecule has 2 rings (SSSR count). The standard InChI is InChI=1S/C9H11N3S2/c1-7-5-13-9(11-7)14-6-8-10-3-4-12(8)2/h3-5H,6H2,1-2H3. The number of rotatable bonds is 3. The summed E-state index contributed by atoms with van der Waals surface area (Å²) < 4.78 is 3.15. The summed E-state index contributed by atoms with van der Waals surface area (Å²) in [5.74, 6) is 1.97. The zero-order valence-electron chi connectivity index (χ0n) is 8.10. The molecule has 0 fully saturated rings. The predicted octanol–water partition coefficient (Wildman–Crippen LogP) is 2.48. The quantitative estimate of drug-likeness (QED) is 0.752. The summed E-state index contributed by atoms with van der Waals surface area (Å²) in [6.45, 7) is 2.02. The Kier molecular flexibility index (Phi) is 2.88. The highest BCUT2D eigenvalue weighted by Gasteiger charge is 2.03. The van der Waals surface area contributed by atoms with Gasteiger partial charge in [0.25, 0.3) is 0 Å². The molecule has 5 heteroatoms. The van der Waals surface area contributed by atoms with Crippen LogP contribution in [0.3, 0.4) is 0 Å². The van der Waals surface area contributed by atoms with Crippen molar-refractivity contribution in [2.24, 2.45) is 7.05 Å². The molecule has 0 saturated heterocycles. The summed E-state index contributed by atoms with van der Waals surface area (Å²) in [6.07, 6.45) is 3.78. The molecule has 0 aliphatic rings. The first-order valence-electron chi connectivity index (χ1n) is 4.27. The third-order valence-corrected chi connectivity index (χ3v) is 3.98. The van der Waals surface area contributed by atoms with Crippen molar-refractivity contribution in [3.63, 3.8) is 0 Å². The minimum atomic E-state index is 0.885. The van der Waals surface area contributed by atoms with E-state index in [0.29, 0.717) is 0 Å². The van der Waals surface area contributed by atoms with Gasteiger partial charge >= 0.3 is 0 Å². The van der Waals surface area contributed by atoms with Gasteiger partial charge in [0.05, 0.1) is 5.75 Å². The SMILES string of the molecule is Cc1csc(SCc2nccn2C)n1. The van der Waals surface area contributed by atoms with Gasteiger partial charge in [-0.1, -0.05) is 11.8 Å². The van der Waals surface area contributed by atoms with Gasteiger partial charge in [-0.2, -0.15) is 0 Å². The molecule has 0 atom stereocenters. The highest BCUT2D eigenvalue weighted by Crippen LogP contribution is 2.25. The van der Waals surface area contributed by atoms with Crippen LogP contribution < -0.4 is 0 Å². The number of imidazole rings is 1. The van der Waals surface area contributed by atoms with Crippen LogP contribution in [0.4, 0.5) is 0 Å². The maximum atomic E-state index is 4.38. The number of thiazole rings is 1. The summed E-state index contributed by atoms with van der Waals surface area (Å²) in [5, 5.41) is 2.07. The van der Waals surface area contributed by atoms with Crippen LogP contribution in [-0.2, 0) is 12.8 Å². The lowest BCUT2D eigenvalue weighted by Gasteiger charge is -1.98. The van der Waals surface area contributed by atoms with Gasteiger partial charge in [0.15, 0.2) is 4.34 Å². The molecular formula is C9H11N3S2. The number of hydrogen-bond acceptors (Lipinski definition) is 4. The van der Waals surface area contributed by atoms with Crippen molar-refractivity contribution in [1.82, 2.24) is 14.5 Å². The lowest BCUT2D eigenvalue weighted by atomic mass is 10.6. The van der Waals surface area contributed by atoms with Gasteiger partial charge in [0, 0.05) is 30.5 Å². The lowest BCUT2D eigenvalue weighted by molar-refractivity contribution is 0.849. The van der Waals surface area contributed by atoms with Crippen LogP contribution in [0.2, 0.25) is 0 Å². The lowest BCUT2D eigenvalue weighted by Crippen LogP contribution is -1.94. The minimum Gasteiger partial charge on any atom is -0.337 e. The molecule has 0 aromatic carbocycles. The Morgan fingerprint density at radius 2 is 2.43 bits per heavy atom. The van der Waals surface area contributed by atoms with Gasteiger partial charge in [-0.3, -0.25) is 0 Å². The molecule has 0 N–H and O–H groups in total. The average molecular weight is 225 g/mol. The maximum absolute atomic E-state index is 4.38.